The molecule has 0 saturated heterocycles. The summed E-state index contributed by atoms with van der Waals surface area (Å²) in [6.45, 7) is 3.67. The Kier molecular flexibility index (Phi) is 3.73. The number of hydrogen-bond donors (Lipinski definition) is 2. The number of carbonyl (C=O) groups is 2. The Bertz CT molecular complexity index is 1370. The lowest BCUT2D eigenvalue weighted by Gasteiger charge is -2.03. The van der Waals surface area contributed by atoms with Crippen molar-refractivity contribution in [2.75, 3.05) is 0 Å². The smallest absolute Gasteiger partial charge is 0.258 e. The Hall–Kier alpha value is -4.46. The van der Waals surface area contributed by atoms with Crippen LogP contribution < -0.4 is 10.6 Å². The largest absolute Gasteiger partial charge is 0.458 e. The van der Waals surface area contributed by atoms with E-state index >= 15 is 0 Å². The average molecular weight is 428 g/mol. The van der Waals surface area contributed by atoms with Gasteiger partial charge in [-0.1, -0.05) is 0 Å². The predicted octanol–water partition coefficient (Wildman–Crippen LogP) is 4.39. The zero-order chi connectivity index (χ0) is 22.0. The summed E-state index contributed by atoms with van der Waals surface area (Å²) in [4.78, 5) is 25.6. The Morgan fingerprint density at radius 3 is 1.22 bits per heavy atom. The van der Waals surface area contributed by atoms with Crippen LogP contribution in [0.2, 0.25) is 0 Å². The maximum atomic E-state index is 12.8. The van der Waals surface area contributed by atoms with Crippen LogP contribution in [-0.2, 0) is 9.59 Å². The molecule has 6 rings (SSSR count). The van der Waals surface area contributed by atoms with Crippen molar-refractivity contribution < 1.29 is 27.3 Å². The zero-order valence-electron chi connectivity index (χ0n) is 17.1. The van der Waals surface area contributed by atoms with Crippen LogP contribution in [0.3, 0.4) is 0 Å². The minimum absolute atomic E-state index is 0.216. The number of amides is 2. The van der Waals surface area contributed by atoms with E-state index in [1.807, 2.05) is 26.0 Å². The van der Waals surface area contributed by atoms with Crippen molar-refractivity contribution in [2.24, 2.45) is 0 Å². The minimum atomic E-state index is -0.415. The van der Waals surface area contributed by atoms with Gasteiger partial charge in [0, 0.05) is 0 Å². The third kappa shape index (κ3) is 2.70. The van der Waals surface area contributed by atoms with Crippen molar-refractivity contribution in [3.63, 3.8) is 0 Å². The van der Waals surface area contributed by atoms with E-state index in [1.54, 1.807) is 36.4 Å². The lowest BCUT2D eigenvalue weighted by atomic mass is 10.1. The van der Waals surface area contributed by atoms with E-state index in [4.69, 9.17) is 17.7 Å². The molecular formula is C24H16N2O6. The molecule has 158 valence electrons. The summed E-state index contributed by atoms with van der Waals surface area (Å²) in [5, 5.41) is 5.50. The van der Waals surface area contributed by atoms with E-state index < -0.39 is 11.8 Å². The first-order valence-corrected chi connectivity index (χ1v) is 9.93. The van der Waals surface area contributed by atoms with E-state index in [0.29, 0.717) is 46.0 Å². The topological polar surface area (TPSA) is 111 Å². The number of aryl methyl sites for hydroxylation is 2. The van der Waals surface area contributed by atoms with Crippen molar-refractivity contribution >= 4 is 23.2 Å². The number of hydrogen-bond acceptors (Lipinski definition) is 6. The van der Waals surface area contributed by atoms with Crippen LogP contribution in [0.15, 0.2) is 77.3 Å². The Morgan fingerprint density at radius 1 is 0.500 bits per heavy atom. The van der Waals surface area contributed by atoms with Crippen molar-refractivity contribution in [1.29, 1.82) is 0 Å². The van der Waals surface area contributed by atoms with Crippen LogP contribution in [0.4, 0.5) is 0 Å². The highest BCUT2D eigenvalue weighted by Crippen LogP contribution is 2.39. The molecule has 0 fully saturated rings. The van der Waals surface area contributed by atoms with Crippen molar-refractivity contribution in [3.05, 3.63) is 82.7 Å². The van der Waals surface area contributed by atoms with Crippen LogP contribution in [-0.4, -0.2) is 11.8 Å². The Labute approximate surface area is 181 Å². The monoisotopic (exact) mass is 428 g/mol. The van der Waals surface area contributed by atoms with Gasteiger partial charge in [0.25, 0.3) is 11.8 Å². The van der Waals surface area contributed by atoms with E-state index in [9.17, 15) is 9.59 Å². The first-order chi connectivity index (χ1) is 15.5. The average Bonchev–Trinajstić information content (AvgIpc) is 3.55. The van der Waals surface area contributed by atoms with Crippen LogP contribution in [0.5, 0.6) is 0 Å². The van der Waals surface area contributed by atoms with Crippen molar-refractivity contribution in [3.8, 4) is 23.0 Å². The summed E-state index contributed by atoms with van der Waals surface area (Å²) >= 11 is 0. The van der Waals surface area contributed by atoms with Gasteiger partial charge in [0.1, 0.15) is 11.5 Å². The van der Waals surface area contributed by atoms with E-state index in [1.165, 1.54) is 0 Å². The molecule has 4 aromatic heterocycles. The number of furan rings is 4. The van der Waals surface area contributed by atoms with Gasteiger partial charge in [-0.15, -0.1) is 0 Å². The molecule has 6 heterocycles. The van der Waals surface area contributed by atoms with Crippen LogP contribution in [0, 0.1) is 13.8 Å². The van der Waals surface area contributed by atoms with Gasteiger partial charge in [-0.05, 0) is 62.4 Å². The fourth-order valence-electron chi connectivity index (χ4n) is 3.89. The van der Waals surface area contributed by atoms with Crippen LogP contribution >= 0.6 is 0 Å². The minimum Gasteiger partial charge on any atom is -0.458 e. The number of nitrogens with one attached hydrogen (secondary N) is 2. The number of rotatable bonds is 4. The Balaban J connectivity index is 1.41. The second-order valence-electron chi connectivity index (χ2n) is 7.56. The highest BCUT2D eigenvalue weighted by molar-refractivity contribution is 6.30. The standard InChI is InChI=1S/C24H16N2O6/c1-11-3-5-13(29-11)15-7-9-17(31-15)21-19-20(24(28)25-21)22(26-23(19)27)18-10-8-16(32-18)14-6-4-12(2)30-14/h3-10H,1-2H3,(H,25,28)(H,26,27). The highest BCUT2D eigenvalue weighted by atomic mass is 16.4. The molecule has 8 heteroatoms. The van der Waals surface area contributed by atoms with Gasteiger partial charge in [0.05, 0.1) is 22.5 Å². The van der Waals surface area contributed by atoms with Gasteiger partial charge in [0.15, 0.2) is 34.6 Å². The lowest BCUT2D eigenvalue weighted by molar-refractivity contribution is -0.117. The third-order valence-electron chi connectivity index (χ3n) is 5.35. The van der Waals surface area contributed by atoms with Crippen LogP contribution in [0.25, 0.3) is 34.4 Å². The molecule has 0 bridgehead atoms. The maximum Gasteiger partial charge on any atom is 0.258 e. The van der Waals surface area contributed by atoms with E-state index in [0.717, 1.165) is 11.5 Å². The van der Waals surface area contributed by atoms with Gasteiger partial charge < -0.3 is 28.3 Å². The quantitative estimate of drug-likeness (QED) is 0.499. The molecule has 0 aromatic carbocycles. The molecule has 2 N–H and O–H groups in total. The van der Waals surface area contributed by atoms with Gasteiger partial charge in [-0.3, -0.25) is 9.59 Å². The second-order valence-corrected chi connectivity index (χ2v) is 7.56. The second kappa shape index (κ2) is 6.52. The summed E-state index contributed by atoms with van der Waals surface area (Å²) in [7, 11) is 0. The molecule has 2 aliphatic rings. The van der Waals surface area contributed by atoms with Gasteiger partial charge in [-0.25, -0.2) is 0 Å². The van der Waals surface area contributed by atoms with Gasteiger partial charge in [0.2, 0.25) is 0 Å². The highest BCUT2D eigenvalue weighted by Gasteiger charge is 2.42. The first kappa shape index (κ1) is 18.3. The molecule has 0 radical (unpaired) electrons. The fourth-order valence-corrected chi connectivity index (χ4v) is 3.89. The molecule has 2 aliphatic heterocycles. The zero-order valence-corrected chi connectivity index (χ0v) is 17.1. The first-order valence-electron chi connectivity index (χ1n) is 9.93. The molecular weight excluding hydrogens is 412 g/mol. The molecule has 0 aliphatic carbocycles. The number of carbonyl (C=O) groups excluding carboxylic acids is 2. The van der Waals surface area contributed by atoms with Crippen molar-refractivity contribution in [1.82, 2.24) is 10.6 Å². The number of fused-ring (bicyclic) bond motifs is 1. The molecule has 8 nitrogen and oxygen atoms in total. The molecule has 0 unspecified atom stereocenters. The summed E-state index contributed by atoms with van der Waals surface area (Å²) < 4.78 is 22.9. The molecule has 4 aromatic rings. The summed E-state index contributed by atoms with van der Waals surface area (Å²) in [5.74, 6) is 3.50. The van der Waals surface area contributed by atoms with Gasteiger partial charge in [-0.2, -0.15) is 0 Å². The summed E-state index contributed by atoms with van der Waals surface area (Å²) in [5.41, 5.74) is 1.04. The SMILES string of the molecule is Cc1ccc(-c2ccc(C3=C4C(=O)NC(c5ccc(-c6ccc(C)o6)o5)=C4C(=O)N3)o2)o1. The van der Waals surface area contributed by atoms with Crippen LogP contribution in [0.1, 0.15) is 23.0 Å². The third-order valence-corrected chi connectivity index (χ3v) is 5.35. The van der Waals surface area contributed by atoms with E-state index in [2.05, 4.69) is 10.6 Å². The molecule has 32 heavy (non-hydrogen) atoms. The Morgan fingerprint density at radius 2 is 0.844 bits per heavy atom. The molecule has 0 saturated carbocycles. The normalized spacial score (nSPS) is 15.6. The van der Waals surface area contributed by atoms with Gasteiger partial charge >= 0.3 is 0 Å². The maximum absolute atomic E-state index is 12.8. The molecule has 0 atom stereocenters. The molecule has 2 amide bonds. The molecule has 0 spiro atoms. The van der Waals surface area contributed by atoms with E-state index in [-0.39, 0.29) is 11.1 Å². The summed E-state index contributed by atoms with van der Waals surface area (Å²) in [6, 6.07) is 14.1. The summed E-state index contributed by atoms with van der Waals surface area (Å²) in [6.07, 6.45) is 0. The van der Waals surface area contributed by atoms with Crippen molar-refractivity contribution in [2.45, 2.75) is 13.8 Å². The predicted molar refractivity (Wildman–Crippen MR) is 112 cm³/mol. The fraction of sp³-hybridized carbons (Fsp3) is 0.0833. The lowest BCUT2D eigenvalue weighted by Crippen LogP contribution is -2.21.